The van der Waals surface area contributed by atoms with E-state index < -0.39 is 5.60 Å². The van der Waals surface area contributed by atoms with E-state index in [2.05, 4.69) is 26.4 Å². The molecule has 0 spiro atoms. The van der Waals surface area contributed by atoms with Gasteiger partial charge in [-0.2, -0.15) is 0 Å². The van der Waals surface area contributed by atoms with E-state index in [0.717, 1.165) is 40.0 Å². The van der Waals surface area contributed by atoms with Gasteiger partial charge >= 0.3 is 6.09 Å². The highest BCUT2D eigenvalue weighted by Gasteiger charge is 2.39. The van der Waals surface area contributed by atoms with Gasteiger partial charge in [0, 0.05) is 48.6 Å². The number of hydrogen-bond acceptors (Lipinski definition) is 7. The lowest BCUT2D eigenvalue weighted by molar-refractivity contribution is 0.0237. The molecule has 2 N–H and O–H groups in total. The van der Waals surface area contributed by atoms with Crippen molar-refractivity contribution in [3.63, 3.8) is 0 Å². The van der Waals surface area contributed by atoms with Crippen LogP contribution in [-0.4, -0.2) is 48.7 Å². The number of hydrogen-bond donors (Lipinski definition) is 1. The van der Waals surface area contributed by atoms with Gasteiger partial charge in [-0.3, -0.25) is 0 Å². The zero-order valence-corrected chi connectivity index (χ0v) is 22.7. The Morgan fingerprint density at radius 3 is 2.53 bits per heavy atom. The van der Waals surface area contributed by atoms with E-state index in [1.165, 1.54) is 6.33 Å². The number of amides is 1. The molecule has 3 aromatic heterocycles. The van der Waals surface area contributed by atoms with E-state index in [1.807, 2.05) is 82.1 Å². The highest BCUT2D eigenvalue weighted by Crippen LogP contribution is 2.44. The molecule has 0 saturated carbocycles. The highest BCUT2D eigenvalue weighted by atomic mass is 16.6. The number of aryl methyl sites for hydroxylation is 2. The first-order valence-electron chi connectivity index (χ1n) is 12.8. The van der Waals surface area contributed by atoms with Crippen molar-refractivity contribution in [1.29, 1.82) is 0 Å². The van der Waals surface area contributed by atoms with Crippen molar-refractivity contribution < 1.29 is 14.3 Å². The van der Waals surface area contributed by atoms with E-state index in [0.29, 0.717) is 24.0 Å². The third-order valence-electron chi connectivity index (χ3n) is 6.86. The van der Waals surface area contributed by atoms with Crippen molar-refractivity contribution in [1.82, 2.24) is 24.4 Å². The summed E-state index contributed by atoms with van der Waals surface area (Å²) in [5, 5.41) is 0.808. The number of nitrogens with zero attached hydrogens (tertiary/aromatic N) is 5. The number of aromatic nitrogens is 4. The summed E-state index contributed by atoms with van der Waals surface area (Å²) in [5.74, 6) is 1.72. The predicted molar refractivity (Wildman–Crippen MR) is 147 cm³/mol. The van der Waals surface area contributed by atoms with Gasteiger partial charge in [0.25, 0.3) is 0 Å². The lowest BCUT2D eigenvalue weighted by Gasteiger charge is -2.27. The number of benzene rings is 1. The second kappa shape index (κ2) is 9.63. The van der Waals surface area contributed by atoms with Crippen LogP contribution in [0.3, 0.4) is 0 Å². The predicted octanol–water partition coefficient (Wildman–Crippen LogP) is 5.83. The van der Waals surface area contributed by atoms with Crippen LogP contribution in [0.5, 0.6) is 11.6 Å². The maximum atomic E-state index is 13.0. The molecule has 198 valence electrons. The Labute approximate surface area is 222 Å². The van der Waals surface area contributed by atoms with Crippen LogP contribution < -0.4 is 10.5 Å². The smallest absolute Gasteiger partial charge is 0.410 e. The minimum absolute atomic E-state index is 0.0294. The zero-order valence-electron chi connectivity index (χ0n) is 22.7. The molecule has 38 heavy (non-hydrogen) atoms. The maximum Gasteiger partial charge on any atom is 0.410 e. The van der Waals surface area contributed by atoms with E-state index in [1.54, 1.807) is 0 Å². The number of rotatable bonds is 4. The number of carbonyl (C=O) groups is 1. The molecule has 5 rings (SSSR count). The van der Waals surface area contributed by atoms with Crippen LogP contribution in [0.1, 0.15) is 51.4 Å². The van der Waals surface area contributed by atoms with E-state index in [9.17, 15) is 4.79 Å². The summed E-state index contributed by atoms with van der Waals surface area (Å²) in [6.45, 7) is 10.2. The third-order valence-corrected chi connectivity index (χ3v) is 6.86. The number of anilines is 1. The van der Waals surface area contributed by atoms with Gasteiger partial charge < -0.3 is 24.7 Å². The molecule has 0 aliphatic carbocycles. The molecule has 0 bridgehead atoms. The Hall–Kier alpha value is -4.14. The molecule has 2 atom stereocenters. The molecule has 1 aromatic carbocycles. The van der Waals surface area contributed by atoms with Gasteiger partial charge in [-0.25, -0.2) is 19.7 Å². The molecule has 1 amide bonds. The molecule has 4 aromatic rings. The molecule has 4 heterocycles. The Balaban J connectivity index is 1.53. The fraction of sp³-hybridized carbons (Fsp3) is 0.379. The molecule has 1 saturated heterocycles. The number of ether oxygens (including phenoxy) is 2. The monoisotopic (exact) mass is 514 g/mol. The summed E-state index contributed by atoms with van der Waals surface area (Å²) >= 11 is 0. The van der Waals surface area contributed by atoms with Gasteiger partial charge in [0.2, 0.25) is 5.88 Å². The summed E-state index contributed by atoms with van der Waals surface area (Å²) in [6, 6.07) is 13.6. The Morgan fingerprint density at radius 2 is 1.84 bits per heavy atom. The molecule has 1 aliphatic rings. The van der Waals surface area contributed by atoms with Crippen molar-refractivity contribution in [3.8, 4) is 22.8 Å². The van der Waals surface area contributed by atoms with Gasteiger partial charge in [-0.05, 0) is 64.8 Å². The van der Waals surface area contributed by atoms with Crippen LogP contribution in [0.4, 0.5) is 10.6 Å². The number of fused-ring (bicyclic) bond motifs is 1. The minimum Gasteiger partial charge on any atom is -0.444 e. The van der Waals surface area contributed by atoms with Crippen molar-refractivity contribution in [2.45, 2.75) is 58.6 Å². The van der Waals surface area contributed by atoms with Gasteiger partial charge in [0.1, 0.15) is 29.1 Å². The van der Waals surface area contributed by atoms with Gasteiger partial charge in [-0.15, -0.1) is 0 Å². The maximum absolute atomic E-state index is 13.0. The molecule has 1 fully saturated rings. The molecular formula is C29H34N6O3. The highest BCUT2D eigenvalue weighted by molar-refractivity contribution is 6.02. The average molecular weight is 515 g/mol. The van der Waals surface area contributed by atoms with Crippen LogP contribution >= 0.6 is 0 Å². The van der Waals surface area contributed by atoms with Crippen LogP contribution in [0.25, 0.3) is 22.2 Å². The molecule has 1 unspecified atom stereocenters. The Kier molecular flexibility index (Phi) is 6.46. The summed E-state index contributed by atoms with van der Waals surface area (Å²) in [7, 11) is 2.00. The van der Waals surface area contributed by atoms with E-state index in [-0.39, 0.29) is 18.1 Å². The SMILES string of the molecule is Cc1cccc(Oc2ccc(-c3c(C4C[C@H](C)N(C(=O)OC(C)(C)C)C4)n(C)c4ncnc(N)c34)cc2)n1. The van der Waals surface area contributed by atoms with Crippen LogP contribution in [-0.2, 0) is 11.8 Å². The lowest BCUT2D eigenvalue weighted by Crippen LogP contribution is -2.38. The third kappa shape index (κ3) is 4.88. The second-order valence-corrected chi connectivity index (χ2v) is 10.9. The van der Waals surface area contributed by atoms with Crippen molar-refractivity contribution in [2.75, 3.05) is 12.3 Å². The Morgan fingerprint density at radius 1 is 1.11 bits per heavy atom. The minimum atomic E-state index is -0.554. The number of nitrogens with two attached hydrogens (primary N) is 1. The molecule has 0 radical (unpaired) electrons. The first-order valence-corrected chi connectivity index (χ1v) is 12.8. The van der Waals surface area contributed by atoms with Gasteiger partial charge in [0.05, 0.1) is 5.39 Å². The quantitative estimate of drug-likeness (QED) is 0.365. The topological polar surface area (TPSA) is 108 Å². The van der Waals surface area contributed by atoms with Crippen LogP contribution in [0.15, 0.2) is 48.8 Å². The summed E-state index contributed by atoms with van der Waals surface area (Å²) in [4.78, 5) is 28.0. The molecule has 9 heteroatoms. The van der Waals surface area contributed by atoms with Gasteiger partial charge in [-0.1, -0.05) is 18.2 Å². The standard InChI is InChI=1S/C29H34N6O3/c1-17-8-7-9-22(33-17)37-21-12-10-19(11-13-21)23-24-26(30)31-16-32-27(24)34(6)25(23)20-14-18(2)35(15-20)28(36)38-29(3,4)5/h7-13,16,18,20H,14-15H2,1-6H3,(H2,30,31,32)/t18-,20?/m0/s1. The molecule has 9 nitrogen and oxygen atoms in total. The second-order valence-electron chi connectivity index (χ2n) is 10.9. The number of nitrogen functional groups attached to an aromatic ring is 1. The van der Waals surface area contributed by atoms with E-state index >= 15 is 0 Å². The zero-order chi connectivity index (χ0) is 27.2. The van der Waals surface area contributed by atoms with Crippen LogP contribution in [0, 0.1) is 6.92 Å². The first-order chi connectivity index (χ1) is 18.0. The largest absolute Gasteiger partial charge is 0.444 e. The van der Waals surface area contributed by atoms with Crippen molar-refractivity contribution in [2.24, 2.45) is 7.05 Å². The number of carbonyl (C=O) groups excluding carboxylic acids is 1. The lowest BCUT2D eigenvalue weighted by atomic mass is 9.93. The number of likely N-dealkylation sites (tertiary alicyclic amines) is 1. The summed E-state index contributed by atoms with van der Waals surface area (Å²) < 4.78 is 13.7. The number of pyridine rings is 1. The van der Waals surface area contributed by atoms with E-state index in [4.69, 9.17) is 15.2 Å². The molecular weight excluding hydrogens is 480 g/mol. The average Bonchev–Trinajstić information content (AvgIpc) is 3.37. The van der Waals surface area contributed by atoms with Crippen molar-refractivity contribution in [3.05, 3.63) is 60.2 Å². The fourth-order valence-corrected chi connectivity index (χ4v) is 5.25. The van der Waals surface area contributed by atoms with Crippen molar-refractivity contribution >= 4 is 22.9 Å². The molecule has 1 aliphatic heterocycles. The fourth-order valence-electron chi connectivity index (χ4n) is 5.25. The first kappa shape index (κ1) is 25.5. The Bertz CT molecular complexity index is 1490. The van der Waals surface area contributed by atoms with Gasteiger partial charge in [0.15, 0.2) is 0 Å². The normalized spacial score (nSPS) is 17.7. The summed E-state index contributed by atoms with van der Waals surface area (Å²) in [6.07, 6.45) is 1.99. The van der Waals surface area contributed by atoms with Crippen LogP contribution in [0.2, 0.25) is 0 Å². The summed E-state index contributed by atoms with van der Waals surface area (Å²) in [5.41, 5.74) is 10.5.